The van der Waals surface area contributed by atoms with E-state index in [1.165, 1.54) is 113 Å². The van der Waals surface area contributed by atoms with Crippen LogP contribution in [0.2, 0.25) is 0 Å². The quantitative estimate of drug-likeness (QED) is 0.164. The number of benzene rings is 10. The molecule has 0 unspecified atom stereocenters. The number of aromatic nitrogens is 1. The van der Waals surface area contributed by atoms with E-state index in [9.17, 15) is 0 Å². The molecule has 52 heavy (non-hydrogen) atoms. The van der Waals surface area contributed by atoms with Gasteiger partial charge in [-0.05, 0) is 113 Å². The maximum atomic E-state index is 2.45. The zero-order valence-corrected chi connectivity index (χ0v) is 28.9. The molecule has 1 nitrogen and oxygen atoms in total. The van der Waals surface area contributed by atoms with Crippen molar-refractivity contribution in [2.75, 3.05) is 0 Å². The second kappa shape index (κ2) is 10.5. The fraction of sp³-hybridized carbons (Fsp3) is 0. The Labute approximate surface area is 303 Å². The minimum Gasteiger partial charge on any atom is -0.308 e. The lowest BCUT2D eigenvalue weighted by molar-refractivity contribution is 1.19. The highest BCUT2D eigenvalue weighted by Gasteiger charge is 2.20. The second-order valence-electron chi connectivity index (χ2n) is 14.0. The summed E-state index contributed by atoms with van der Waals surface area (Å²) in [7, 11) is 0. The van der Waals surface area contributed by atoms with Gasteiger partial charge in [0.05, 0.1) is 15.7 Å². The maximum absolute atomic E-state index is 2.45. The Morgan fingerprint density at radius 3 is 1.81 bits per heavy atom. The molecule has 0 bridgehead atoms. The van der Waals surface area contributed by atoms with Crippen LogP contribution in [0.15, 0.2) is 176 Å². The first-order valence-electron chi connectivity index (χ1n) is 17.9. The summed E-state index contributed by atoms with van der Waals surface area (Å²) in [5.74, 6) is 0. The monoisotopic (exact) mass is 675 g/mol. The Hall–Kier alpha value is -6.48. The first kappa shape index (κ1) is 28.2. The Morgan fingerprint density at radius 1 is 0.365 bits per heavy atom. The number of fused-ring (bicyclic) bond motifs is 8. The van der Waals surface area contributed by atoms with E-state index in [4.69, 9.17) is 0 Å². The van der Waals surface area contributed by atoms with Crippen LogP contribution in [-0.2, 0) is 0 Å². The van der Waals surface area contributed by atoms with Crippen molar-refractivity contribution in [1.82, 2.24) is 4.57 Å². The number of thiophene rings is 1. The molecule has 10 aromatic carbocycles. The van der Waals surface area contributed by atoms with Crippen molar-refractivity contribution in [2.24, 2.45) is 0 Å². The zero-order valence-electron chi connectivity index (χ0n) is 28.1. The van der Waals surface area contributed by atoms with Crippen molar-refractivity contribution in [3.05, 3.63) is 176 Å². The molecule has 0 aliphatic heterocycles. The van der Waals surface area contributed by atoms with Gasteiger partial charge in [0.15, 0.2) is 0 Å². The topological polar surface area (TPSA) is 4.93 Å². The molecule has 12 aromatic rings. The molecular formula is C50H29NS. The van der Waals surface area contributed by atoms with Gasteiger partial charge in [0.1, 0.15) is 0 Å². The average molecular weight is 676 g/mol. The van der Waals surface area contributed by atoms with Gasteiger partial charge in [-0.25, -0.2) is 0 Å². The molecule has 0 spiro atoms. The van der Waals surface area contributed by atoms with E-state index < -0.39 is 0 Å². The predicted octanol–water partition coefficient (Wildman–Crippen LogP) is 14.5. The average Bonchev–Trinajstić information content (AvgIpc) is 3.74. The zero-order chi connectivity index (χ0) is 33.9. The normalized spacial score (nSPS) is 12.2. The first-order valence-corrected chi connectivity index (χ1v) is 18.7. The molecule has 0 atom stereocenters. The largest absolute Gasteiger partial charge is 0.308 e. The molecule has 2 heteroatoms. The van der Waals surface area contributed by atoms with Gasteiger partial charge >= 0.3 is 0 Å². The molecule has 0 aliphatic rings. The van der Waals surface area contributed by atoms with Crippen molar-refractivity contribution in [2.45, 2.75) is 0 Å². The summed E-state index contributed by atoms with van der Waals surface area (Å²) in [6.45, 7) is 0. The van der Waals surface area contributed by atoms with Crippen molar-refractivity contribution in [3.8, 4) is 27.9 Å². The van der Waals surface area contributed by atoms with Crippen LogP contribution in [0.1, 0.15) is 0 Å². The summed E-state index contributed by atoms with van der Waals surface area (Å²) in [6, 6.07) is 65.4. The second-order valence-corrected chi connectivity index (χ2v) is 15.1. The van der Waals surface area contributed by atoms with Gasteiger partial charge in [-0.15, -0.1) is 11.3 Å². The number of para-hydroxylation sites is 1. The molecule has 0 fully saturated rings. The third-order valence-electron chi connectivity index (χ3n) is 11.3. The molecule has 0 saturated heterocycles. The Morgan fingerprint density at radius 2 is 1.00 bits per heavy atom. The molecular weight excluding hydrogens is 647 g/mol. The van der Waals surface area contributed by atoms with Gasteiger partial charge in [0.2, 0.25) is 0 Å². The molecule has 0 amide bonds. The lowest BCUT2D eigenvalue weighted by atomic mass is 9.85. The number of hydrogen-bond acceptors (Lipinski definition) is 1. The molecule has 0 N–H and O–H groups in total. The van der Waals surface area contributed by atoms with E-state index in [-0.39, 0.29) is 0 Å². The number of hydrogen-bond donors (Lipinski definition) is 0. The highest BCUT2D eigenvalue weighted by Crippen LogP contribution is 2.47. The lowest BCUT2D eigenvalue weighted by Gasteiger charge is -2.18. The van der Waals surface area contributed by atoms with Crippen LogP contribution >= 0.6 is 11.3 Å². The van der Waals surface area contributed by atoms with Crippen LogP contribution in [0.5, 0.6) is 0 Å². The summed E-state index contributed by atoms with van der Waals surface area (Å²) in [4.78, 5) is 0. The van der Waals surface area contributed by atoms with Crippen molar-refractivity contribution >= 4 is 96.4 Å². The van der Waals surface area contributed by atoms with Gasteiger partial charge in [-0.1, -0.05) is 140 Å². The summed E-state index contributed by atoms with van der Waals surface area (Å²) >= 11 is 1.90. The Balaban J connectivity index is 1.12. The maximum Gasteiger partial charge on any atom is 0.0727 e. The first-order chi connectivity index (χ1) is 25.8. The Bertz CT molecular complexity index is 3400. The summed E-state index contributed by atoms with van der Waals surface area (Å²) < 4.78 is 5.11. The third-order valence-corrected chi connectivity index (χ3v) is 12.5. The molecule has 12 rings (SSSR count). The van der Waals surface area contributed by atoms with Gasteiger partial charge in [0.25, 0.3) is 0 Å². The summed E-state index contributed by atoms with van der Waals surface area (Å²) in [6.07, 6.45) is 0. The van der Waals surface area contributed by atoms with Crippen LogP contribution in [-0.4, -0.2) is 4.57 Å². The molecule has 2 aromatic heterocycles. The van der Waals surface area contributed by atoms with Gasteiger partial charge in [-0.3, -0.25) is 0 Å². The minimum absolute atomic E-state index is 1.19. The fourth-order valence-corrected chi connectivity index (χ4v) is 10.3. The fourth-order valence-electron chi connectivity index (χ4n) is 9.05. The lowest BCUT2D eigenvalue weighted by Crippen LogP contribution is -1.93. The number of rotatable bonds is 3. The standard InChI is InChI=1S/C50H29NS/c1-2-11-34(12-3-1)51-45-27-22-33(29-44(45)50-49(51)42-16-8-9-17-46(42)52-50)36-23-18-30-21-26-41-39(24-19-31-20-25-40(36)47(30)48(31)41)43-28-32-10-4-5-13-35(32)37-14-6-7-15-38(37)43/h1-29H. The SMILES string of the molecule is c1ccc(-n2c3ccc(-c4ccc5ccc6c(-c7cc8ccccc8c8ccccc78)ccc7ccc4c5c76)cc3c3sc4ccccc4c32)cc1. The van der Waals surface area contributed by atoms with E-state index in [1.54, 1.807) is 0 Å². The van der Waals surface area contributed by atoms with Gasteiger partial charge < -0.3 is 4.57 Å². The van der Waals surface area contributed by atoms with E-state index in [0.717, 1.165) is 0 Å². The Kier molecular flexibility index (Phi) is 5.71. The minimum atomic E-state index is 1.19. The smallest absolute Gasteiger partial charge is 0.0727 e. The van der Waals surface area contributed by atoms with Crippen molar-refractivity contribution < 1.29 is 0 Å². The van der Waals surface area contributed by atoms with Gasteiger partial charge in [-0.2, -0.15) is 0 Å². The van der Waals surface area contributed by atoms with Crippen LogP contribution in [0.3, 0.4) is 0 Å². The van der Waals surface area contributed by atoms with Gasteiger partial charge in [0, 0.05) is 21.2 Å². The molecule has 0 saturated carbocycles. The van der Waals surface area contributed by atoms with Crippen LogP contribution in [0.4, 0.5) is 0 Å². The molecule has 2 heterocycles. The van der Waals surface area contributed by atoms with E-state index in [2.05, 4.69) is 180 Å². The van der Waals surface area contributed by atoms with Crippen LogP contribution < -0.4 is 0 Å². The predicted molar refractivity (Wildman–Crippen MR) is 226 cm³/mol. The number of nitrogens with zero attached hydrogens (tertiary/aromatic N) is 1. The molecule has 240 valence electrons. The summed E-state index contributed by atoms with van der Waals surface area (Å²) in [5, 5.41) is 15.6. The van der Waals surface area contributed by atoms with E-state index in [1.807, 2.05) is 11.3 Å². The van der Waals surface area contributed by atoms with Crippen molar-refractivity contribution in [1.29, 1.82) is 0 Å². The highest BCUT2D eigenvalue weighted by molar-refractivity contribution is 7.26. The van der Waals surface area contributed by atoms with Crippen molar-refractivity contribution in [3.63, 3.8) is 0 Å². The van der Waals surface area contributed by atoms with Crippen LogP contribution in [0, 0.1) is 0 Å². The van der Waals surface area contributed by atoms with E-state index in [0.29, 0.717) is 0 Å². The van der Waals surface area contributed by atoms with E-state index >= 15 is 0 Å². The third kappa shape index (κ3) is 3.82. The van der Waals surface area contributed by atoms with Crippen LogP contribution in [0.25, 0.3) is 113 Å². The summed E-state index contributed by atoms with van der Waals surface area (Å²) in [5.41, 5.74) is 8.81. The molecule has 0 aliphatic carbocycles. The molecule has 0 radical (unpaired) electrons. The highest BCUT2D eigenvalue weighted by atomic mass is 32.1.